The van der Waals surface area contributed by atoms with Crippen LogP contribution in [0.4, 0.5) is 21.0 Å². The van der Waals surface area contributed by atoms with Gasteiger partial charge >= 0.3 is 12.2 Å². The second kappa shape index (κ2) is 7.31. The fraction of sp³-hybridized carbons (Fsp3) is 0.556. The van der Waals surface area contributed by atoms with Crippen LogP contribution in [0.3, 0.4) is 0 Å². The number of nitrogens with zero attached hydrogens (tertiary/aromatic N) is 2. The van der Waals surface area contributed by atoms with E-state index in [-0.39, 0.29) is 11.4 Å². The summed E-state index contributed by atoms with van der Waals surface area (Å²) in [7, 11) is 0. The summed E-state index contributed by atoms with van der Waals surface area (Å²) in [6, 6.07) is 2.59. The number of hydrogen-bond acceptors (Lipinski definition) is 6. The Morgan fingerprint density at radius 1 is 0.923 bits per heavy atom. The molecule has 0 unspecified atom stereocenters. The highest BCUT2D eigenvalue weighted by molar-refractivity contribution is 6.10. The normalized spacial score (nSPS) is 11.7. The molecule has 0 spiro atoms. The van der Waals surface area contributed by atoms with E-state index in [0.29, 0.717) is 11.1 Å². The minimum atomic E-state index is -0.910. The summed E-state index contributed by atoms with van der Waals surface area (Å²) in [5.74, 6) is 0. The number of nitro groups is 1. The summed E-state index contributed by atoms with van der Waals surface area (Å²) in [5, 5.41) is 11.0. The number of imide groups is 1. The lowest BCUT2D eigenvalue weighted by molar-refractivity contribution is -0.384. The fourth-order valence-electron chi connectivity index (χ4n) is 2.26. The SMILES string of the molecule is Cc1cc([N+](=O)[O-])cc(C)c1N(C(=O)OC(C)(C)C)C(=O)OC(C)(C)C. The van der Waals surface area contributed by atoms with Crippen LogP contribution in [-0.4, -0.2) is 28.3 Å². The molecule has 0 aromatic heterocycles. The number of amides is 2. The van der Waals surface area contributed by atoms with E-state index < -0.39 is 28.3 Å². The molecule has 2 amide bonds. The van der Waals surface area contributed by atoms with Gasteiger partial charge in [0.1, 0.15) is 11.2 Å². The number of carbonyl (C=O) groups excluding carboxylic acids is 2. The Bertz CT molecular complexity index is 677. The van der Waals surface area contributed by atoms with E-state index in [1.807, 2.05) is 0 Å². The lowest BCUT2D eigenvalue weighted by atomic mass is 10.1. The molecule has 0 bridgehead atoms. The average molecular weight is 366 g/mol. The number of benzene rings is 1. The summed E-state index contributed by atoms with van der Waals surface area (Å²) >= 11 is 0. The number of ether oxygens (including phenoxy) is 2. The molecule has 0 heterocycles. The van der Waals surface area contributed by atoms with Gasteiger partial charge < -0.3 is 9.47 Å². The Hall–Kier alpha value is -2.64. The molecule has 26 heavy (non-hydrogen) atoms. The summed E-state index contributed by atoms with van der Waals surface area (Å²) in [5.41, 5.74) is -0.821. The maximum atomic E-state index is 12.7. The molecule has 8 nitrogen and oxygen atoms in total. The van der Waals surface area contributed by atoms with Gasteiger partial charge in [-0.25, -0.2) is 9.59 Å². The molecule has 1 aromatic rings. The largest absolute Gasteiger partial charge is 0.443 e. The fourth-order valence-corrected chi connectivity index (χ4v) is 2.26. The Morgan fingerprint density at radius 3 is 1.54 bits per heavy atom. The predicted molar refractivity (Wildman–Crippen MR) is 97.5 cm³/mol. The predicted octanol–water partition coefficient (Wildman–Crippen LogP) is 4.89. The van der Waals surface area contributed by atoms with Gasteiger partial charge in [0, 0.05) is 12.1 Å². The number of nitro benzene ring substituents is 1. The minimum absolute atomic E-state index is 0.128. The van der Waals surface area contributed by atoms with E-state index in [2.05, 4.69) is 0 Å². The second-order valence-corrected chi connectivity index (χ2v) is 7.98. The Labute approximate surface area is 153 Å². The molecule has 1 aromatic carbocycles. The lowest BCUT2D eigenvalue weighted by Gasteiger charge is -2.30. The van der Waals surface area contributed by atoms with E-state index >= 15 is 0 Å². The van der Waals surface area contributed by atoms with Crippen molar-refractivity contribution in [2.45, 2.75) is 66.6 Å². The zero-order valence-corrected chi connectivity index (χ0v) is 16.5. The topological polar surface area (TPSA) is 99.0 Å². The van der Waals surface area contributed by atoms with Crippen molar-refractivity contribution >= 4 is 23.6 Å². The maximum absolute atomic E-state index is 12.7. The maximum Gasteiger partial charge on any atom is 0.424 e. The van der Waals surface area contributed by atoms with Crippen molar-refractivity contribution < 1.29 is 24.0 Å². The number of aryl methyl sites for hydroxylation is 2. The van der Waals surface area contributed by atoms with Crippen molar-refractivity contribution in [3.8, 4) is 0 Å². The van der Waals surface area contributed by atoms with E-state index in [4.69, 9.17) is 9.47 Å². The highest BCUT2D eigenvalue weighted by Crippen LogP contribution is 2.32. The van der Waals surface area contributed by atoms with Gasteiger partial charge in [-0.15, -0.1) is 0 Å². The van der Waals surface area contributed by atoms with Gasteiger partial charge in [0.05, 0.1) is 10.6 Å². The number of hydrogen-bond donors (Lipinski definition) is 0. The molecule has 0 radical (unpaired) electrons. The summed E-state index contributed by atoms with van der Waals surface area (Å²) in [6.45, 7) is 13.2. The molecule has 0 atom stereocenters. The third kappa shape index (κ3) is 5.72. The third-order valence-corrected chi connectivity index (χ3v) is 3.06. The zero-order chi connectivity index (χ0) is 20.4. The van der Waals surface area contributed by atoms with Crippen molar-refractivity contribution in [2.75, 3.05) is 4.90 Å². The molecule has 0 N–H and O–H groups in total. The van der Waals surface area contributed by atoms with E-state index in [1.54, 1.807) is 55.4 Å². The van der Waals surface area contributed by atoms with Crippen LogP contribution < -0.4 is 4.90 Å². The van der Waals surface area contributed by atoms with Crippen LogP contribution >= 0.6 is 0 Å². The van der Waals surface area contributed by atoms with Crippen molar-refractivity contribution in [3.05, 3.63) is 33.4 Å². The van der Waals surface area contributed by atoms with Crippen LogP contribution in [0.1, 0.15) is 52.7 Å². The van der Waals surface area contributed by atoms with Crippen molar-refractivity contribution in [3.63, 3.8) is 0 Å². The van der Waals surface area contributed by atoms with E-state index in [1.165, 1.54) is 12.1 Å². The molecule has 1 rings (SSSR count). The minimum Gasteiger partial charge on any atom is -0.443 e. The number of rotatable bonds is 2. The number of non-ortho nitro benzene ring substituents is 1. The van der Waals surface area contributed by atoms with E-state index in [0.717, 1.165) is 4.90 Å². The van der Waals surface area contributed by atoms with Crippen molar-refractivity contribution in [1.29, 1.82) is 0 Å². The van der Waals surface area contributed by atoms with Gasteiger partial charge in [-0.1, -0.05) is 0 Å². The highest BCUT2D eigenvalue weighted by Gasteiger charge is 2.35. The molecule has 144 valence electrons. The highest BCUT2D eigenvalue weighted by atomic mass is 16.6. The van der Waals surface area contributed by atoms with Gasteiger partial charge in [-0.3, -0.25) is 10.1 Å². The lowest BCUT2D eigenvalue weighted by Crippen LogP contribution is -2.44. The number of carbonyl (C=O) groups is 2. The summed E-state index contributed by atoms with van der Waals surface area (Å²) in [4.78, 5) is 36.6. The summed E-state index contributed by atoms with van der Waals surface area (Å²) in [6.07, 6.45) is -1.82. The molecule has 0 aliphatic heterocycles. The monoisotopic (exact) mass is 366 g/mol. The smallest absolute Gasteiger partial charge is 0.424 e. The quantitative estimate of drug-likeness (QED) is 0.546. The Balaban J connectivity index is 3.48. The molecular weight excluding hydrogens is 340 g/mol. The first kappa shape index (κ1) is 21.4. The van der Waals surface area contributed by atoms with E-state index in [9.17, 15) is 19.7 Å². The molecule has 0 aliphatic carbocycles. The third-order valence-electron chi connectivity index (χ3n) is 3.06. The van der Waals surface area contributed by atoms with Crippen LogP contribution in [0.25, 0.3) is 0 Å². The van der Waals surface area contributed by atoms with Crippen LogP contribution in [-0.2, 0) is 9.47 Å². The van der Waals surface area contributed by atoms with Crippen LogP contribution in [0.5, 0.6) is 0 Å². The molecular formula is C18H26N2O6. The first-order valence-electron chi connectivity index (χ1n) is 8.14. The molecule has 0 aliphatic rings. The first-order valence-corrected chi connectivity index (χ1v) is 8.14. The van der Waals surface area contributed by atoms with Crippen molar-refractivity contribution in [1.82, 2.24) is 0 Å². The Morgan fingerprint density at radius 2 is 1.27 bits per heavy atom. The molecule has 0 fully saturated rings. The van der Waals surface area contributed by atoms with Crippen LogP contribution in [0, 0.1) is 24.0 Å². The van der Waals surface area contributed by atoms with Gasteiger partial charge in [0.15, 0.2) is 0 Å². The Kier molecular flexibility index (Phi) is 6.02. The van der Waals surface area contributed by atoms with Crippen molar-refractivity contribution in [2.24, 2.45) is 0 Å². The average Bonchev–Trinajstić information content (AvgIpc) is 2.37. The standard InChI is InChI=1S/C18H26N2O6/c1-11-9-13(20(23)24)10-12(2)14(11)19(15(21)25-17(3,4)5)16(22)26-18(6,7)8/h9-10H,1-8H3. The van der Waals surface area contributed by atoms with Gasteiger partial charge in [0.2, 0.25) is 0 Å². The molecule has 8 heteroatoms. The van der Waals surface area contributed by atoms with Crippen LogP contribution in [0.2, 0.25) is 0 Å². The van der Waals surface area contributed by atoms with Gasteiger partial charge in [0.25, 0.3) is 5.69 Å². The number of anilines is 1. The summed E-state index contributed by atoms with van der Waals surface area (Å²) < 4.78 is 10.7. The van der Waals surface area contributed by atoms with Gasteiger partial charge in [-0.2, -0.15) is 4.90 Å². The zero-order valence-electron chi connectivity index (χ0n) is 16.5. The molecule has 0 saturated carbocycles. The second-order valence-electron chi connectivity index (χ2n) is 7.98. The van der Waals surface area contributed by atoms with Crippen LogP contribution in [0.15, 0.2) is 12.1 Å². The first-order chi connectivity index (χ1) is 11.6. The van der Waals surface area contributed by atoms with Gasteiger partial charge in [-0.05, 0) is 66.5 Å². The molecule has 0 saturated heterocycles.